The van der Waals surface area contributed by atoms with E-state index in [0.29, 0.717) is 5.92 Å². The van der Waals surface area contributed by atoms with Crippen LogP contribution >= 0.6 is 0 Å². The first-order valence-electron chi connectivity index (χ1n) is 10.5. The summed E-state index contributed by atoms with van der Waals surface area (Å²) in [5, 5.41) is 0. The highest BCUT2D eigenvalue weighted by molar-refractivity contribution is 5.69. The Hall–Kier alpha value is -2.48. The zero-order chi connectivity index (χ0) is 19.7. The van der Waals surface area contributed by atoms with Crippen molar-refractivity contribution in [2.24, 2.45) is 5.92 Å². The molecule has 2 aromatic carbocycles. The molecule has 0 bridgehead atoms. The Bertz CT molecular complexity index is 924. The Morgan fingerprint density at radius 1 is 0.714 bits per heavy atom. The van der Waals surface area contributed by atoms with Crippen molar-refractivity contribution >= 4 is 0 Å². The third-order valence-corrected chi connectivity index (χ3v) is 6.56. The summed E-state index contributed by atoms with van der Waals surface area (Å²) >= 11 is 0. The lowest BCUT2D eigenvalue weighted by atomic mass is 9.80. The number of benzene rings is 2. The first-order chi connectivity index (χ1) is 13.5. The minimum Gasteiger partial charge on any atom is -0.236 e. The molecule has 0 radical (unpaired) electrons. The lowest BCUT2D eigenvalue weighted by Crippen LogP contribution is -2.11. The normalized spacial score (nSPS) is 19.6. The molecule has 1 aliphatic rings. The summed E-state index contributed by atoms with van der Waals surface area (Å²) in [6, 6.07) is 13.2. The summed E-state index contributed by atoms with van der Waals surface area (Å²) in [6.07, 6.45) is 9.28. The second-order valence-corrected chi connectivity index (χ2v) is 8.61. The molecule has 1 fully saturated rings. The Balaban J connectivity index is 1.52. The second kappa shape index (κ2) is 7.87. The number of aryl methyl sites for hydroxylation is 2. The number of hydrogen-bond donors (Lipinski definition) is 0. The maximum atomic E-state index is 4.67. The van der Waals surface area contributed by atoms with Crippen molar-refractivity contribution in [3.05, 3.63) is 71.0 Å². The van der Waals surface area contributed by atoms with E-state index in [1.807, 2.05) is 12.4 Å². The summed E-state index contributed by atoms with van der Waals surface area (Å²) in [6.45, 7) is 8.91. The van der Waals surface area contributed by atoms with E-state index in [-0.39, 0.29) is 0 Å². The summed E-state index contributed by atoms with van der Waals surface area (Å²) in [5.41, 5.74) is 8.95. The Labute approximate surface area is 169 Å². The summed E-state index contributed by atoms with van der Waals surface area (Å²) in [7, 11) is 0. The standard InChI is InChI=1S/C26H30N2/c1-17-5-7-22(8-6-17)25-15-27-26(28-16-25)23-11-9-21(10-12-23)24-13-18(2)20(4)19(3)14-24/h9-17,22H,5-8H2,1-4H3. The van der Waals surface area contributed by atoms with Crippen molar-refractivity contribution < 1.29 is 0 Å². The van der Waals surface area contributed by atoms with Gasteiger partial charge in [-0.1, -0.05) is 56.2 Å². The van der Waals surface area contributed by atoms with Gasteiger partial charge in [-0.15, -0.1) is 0 Å². The van der Waals surface area contributed by atoms with Crippen LogP contribution in [0.5, 0.6) is 0 Å². The van der Waals surface area contributed by atoms with Gasteiger partial charge in [0.05, 0.1) is 0 Å². The molecule has 28 heavy (non-hydrogen) atoms. The van der Waals surface area contributed by atoms with Gasteiger partial charge in [-0.25, -0.2) is 9.97 Å². The molecule has 1 heterocycles. The molecule has 0 spiro atoms. The SMILES string of the molecule is Cc1cc(-c2ccc(-c3ncc(C4CCC(C)CC4)cn3)cc2)cc(C)c1C. The molecule has 0 unspecified atom stereocenters. The molecular formula is C26H30N2. The maximum absolute atomic E-state index is 4.67. The minimum absolute atomic E-state index is 0.639. The Morgan fingerprint density at radius 2 is 1.25 bits per heavy atom. The van der Waals surface area contributed by atoms with E-state index in [1.54, 1.807) is 0 Å². The van der Waals surface area contributed by atoms with Crippen molar-refractivity contribution in [3.8, 4) is 22.5 Å². The van der Waals surface area contributed by atoms with E-state index in [2.05, 4.69) is 74.1 Å². The minimum atomic E-state index is 0.639. The third-order valence-electron chi connectivity index (χ3n) is 6.56. The van der Waals surface area contributed by atoms with Crippen molar-refractivity contribution in [3.63, 3.8) is 0 Å². The molecule has 2 nitrogen and oxygen atoms in total. The van der Waals surface area contributed by atoms with E-state index >= 15 is 0 Å². The van der Waals surface area contributed by atoms with E-state index in [9.17, 15) is 0 Å². The zero-order valence-electron chi connectivity index (χ0n) is 17.5. The van der Waals surface area contributed by atoms with Gasteiger partial charge in [0, 0.05) is 18.0 Å². The second-order valence-electron chi connectivity index (χ2n) is 8.61. The quantitative estimate of drug-likeness (QED) is 0.494. The van der Waals surface area contributed by atoms with E-state index in [1.165, 1.54) is 59.1 Å². The number of nitrogens with zero attached hydrogens (tertiary/aromatic N) is 2. The molecule has 3 aromatic rings. The van der Waals surface area contributed by atoms with Gasteiger partial charge in [0.2, 0.25) is 0 Å². The average molecular weight is 371 g/mol. The topological polar surface area (TPSA) is 25.8 Å². The first kappa shape index (κ1) is 18.9. The fraction of sp³-hybridized carbons (Fsp3) is 0.385. The highest BCUT2D eigenvalue weighted by Crippen LogP contribution is 2.35. The van der Waals surface area contributed by atoms with Crippen LogP contribution in [0, 0.1) is 26.7 Å². The fourth-order valence-electron chi connectivity index (χ4n) is 4.31. The predicted octanol–water partition coefficient (Wildman–Crippen LogP) is 7.03. The molecule has 1 aromatic heterocycles. The van der Waals surface area contributed by atoms with Crippen molar-refractivity contribution in [1.82, 2.24) is 9.97 Å². The number of rotatable bonds is 3. The maximum Gasteiger partial charge on any atom is 0.159 e. The third kappa shape index (κ3) is 3.87. The lowest BCUT2D eigenvalue weighted by Gasteiger charge is -2.25. The van der Waals surface area contributed by atoms with Crippen LogP contribution in [0.15, 0.2) is 48.8 Å². The molecule has 0 aliphatic heterocycles. The monoisotopic (exact) mass is 370 g/mol. The molecule has 0 N–H and O–H groups in total. The molecule has 1 saturated carbocycles. The first-order valence-corrected chi connectivity index (χ1v) is 10.5. The molecule has 0 amide bonds. The molecule has 0 atom stereocenters. The van der Waals surface area contributed by atoms with Gasteiger partial charge in [-0.05, 0) is 78.8 Å². The van der Waals surface area contributed by atoms with Gasteiger partial charge in [0.1, 0.15) is 0 Å². The van der Waals surface area contributed by atoms with Crippen LogP contribution in [0.1, 0.15) is 60.8 Å². The van der Waals surface area contributed by atoms with Crippen LogP contribution in [0.2, 0.25) is 0 Å². The van der Waals surface area contributed by atoms with Gasteiger partial charge in [0.25, 0.3) is 0 Å². The van der Waals surface area contributed by atoms with E-state index in [0.717, 1.165) is 17.3 Å². The predicted molar refractivity (Wildman–Crippen MR) is 117 cm³/mol. The summed E-state index contributed by atoms with van der Waals surface area (Å²) < 4.78 is 0. The van der Waals surface area contributed by atoms with Crippen molar-refractivity contribution in [2.75, 3.05) is 0 Å². The lowest BCUT2D eigenvalue weighted by molar-refractivity contribution is 0.347. The van der Waals surface area contributed by atoms with Gasteiger partial charge in [-0.3, -0.25) is 0 Å². The van der Waals surface area contributed by atoms with Gasteiger partial charge in [-0.2, -0.15) is 0 Å². The molecule has 2 heteroatoms. The molecule has 0 saturated heterocycles. The van der Waals surface area contributed by atoms with E-state index < -0.39 is 0 Å². The van der Waals surface area contributed by atoms with Crippen LogP contribution in [0.3, 0.4) is 0 Å². The fourth-order valence-corrected chi connectivity index (χ4v) is 4.31. The van der Waals surface area contributed by atoms with Crippen LogP contribution in [0.25, 0.3) is 22.5 Å². The van der Waals surface area contributed by atoms with Crippen molar-refractivity contribution in [2.45, 2.75) is 59.3 Å². The highest BCUT2D eigenvalue weighted by Gasteiger charge is 2.20. The van der Waals surface area contributed by atoms with Crippen LogP contribution in [-0.2, 0) is 0 Å². The largest absolute Gasteiger partial charge is 0.236 e. The molecule has 144 valence electrons. The van der Waals surface area contributed by atoms with Crippen LogP contribution in [0.4, 0.5) is 0 Å². The summed E-state index contributed by atoms with van der Waals surface area (Å²) in [4.78, 5) is 9.35. The van der Waals surface area contributed by atoms with Gasteiger partial charge < -0.3 is 0 Å². The van der Waals surface area contributed by atoms with E-state index in [4.69, 9.17) is 0 Å². The molecule has 1 aliphatic carbocycles. The molecular weight excluding hydrogens is 340 g/mol. The average Bonchev–Trinajstić information content (AvgIpc) is 2.72. The van der Waals surface area contributed by atoms with Crippen LogP contribution in [-0.4, -0.2) is 9.97 Å². The zero-order valence-corrected chi connectivity index (χ0v) is 17.5. The Morgan fingerprint density at radius 3 is 1.82 bits per heavy atom. The number of hydrogen-bond acceptors (Lipinski definition) is 2. The van der Waals surface area contributed by atoms with Gasteiger partial charge >= 0.3 is 0 Å². The highest BCUT2D eigenvalue weighted by atomic mass is 14.9. The smallest absolute Gasteiger partial charge is 0.159 e. The van der Waals surface area contributed by atoms with Gasteiger partial charge in [0.15, 0.2) is 5.82 Å². The summed E-state index contributed by atoms with van der Waals surface area (Å²) in [5.74, 6) is 2.33. The Kier molecular flexibility index (Phi) is 5.30. The van der Waals surface area contributed by atoms with Crippen molar-refractivity contribution in [1.29, 1.82) is 0 Å². The molecule has 4 rings (SSSR count). The van der Waals surface area contributed by atoms with Crippen LogP contribution < -0.4 is 0 Å². The number of aromatic nitrogens is 2.